The SMILES string of the molecule is C=c1cc(C)c(/C=C\C)nc1=C. The van der Waals surface area contributed by atoms with Crippen molar-refractivity contribution in [2.75, 3.05) is 0 Å². The zero-order valence-corrected chi connectivity index (χ0v) is 7.59. The summed E-state index contributed by atoms with van der Waals surface area (Å²) in [5.41, 5.74) is 2.13. The average Bonchev–Trinajstić information content (AvgIpc) is 2.01. The van der Waals surface area contributed by atoms with Crippen molar-refractivity contribution in [3.63, 3.8) is 0 Å². The van der Waals surface area contributed by atoms with Crippen molar-refractivity contribution in [1.29, 1.82) is 0 Å². The molecule has 1 nitrogen and oxygen atoms in total. The highest BCUT2D eigenvalue weighted by Crippen LogP contribution is 2.00. The van der Waals surface area contributed by atoms with E-state index in [2.05, 4.69) is 18.1 Å². The fourth-order valence-corrected chi connectivity index (χ4v) is 1.05. The first-order valence-corrected chi connectivity index (χ1v) is 3.93. The van der Waals surface area contributed by atoms with Crippen molar-refractivity contribution in [3.8, 4) is 0 Å². The number of pyridine rings is 1. The molecule has 0 aliphatic rings. The molecule has 0 aliphatic heterocycles. The van der Waals surface area contributed by atoms with Crippen LogP contribution in [0.5, 0.6) is 0 Å². The van der Waals surface area contributed by atoms with E-state index in [-0.39, 0.29) is 0 Å². The second kappa shape index (κ2) is 3.35. The van der Waals surface area contributed by atoms with Crippen molar-refractivity contribution in [3.05, 3.63) is 34.0 Å². The van der Waals surface area contributed by atoms with Gasteiger partial charge >= 0.3 is 0 Å². The number of aryl methyl sites for hydroxylation is 1. The largest absolute Gasteiger partial charge is 0.249 e. The van der Waals surface area contributed by atoms with E-state index in [9.17, 15) is 0 Å². The lowest BCUT2D eigenvalue weighted by molar-refractivity contribution is 1.16. The minimum absolute atomic E-state index is 0.758. The lowest BCUT2D eigenvalue weighted by Gasteiger charge is -1.98. The minimum Gasteiger partial charge on any atom is -0.249 e. The summed E-state index contributed by atoms with van der Waals surface area (Å²) in [5.74, 6) is 0. The number of hydrogen-bond donors (Lipinski definition) is 0. The third-order valence-electron chi connectivity index (χ3n) is 1.75. The minimum atomic E-state index is 0.758. The van der Waals surface area contributed by atoms with E-state index >= 15 is 0 Å². The van der Waals surface area contributed by atoms with Crippen LogP contribution in [0.15, 0.2) is 12.1 Å². The predicted octanol–water partition coefficient (Wildman–Crippen LogP) is 1.24. The second-order valence-electron chi connectivity index (χ2n) is 2.80. The Morgan fingerprint density at radius 1 is 1.42 bits per heavy atom. The van der Waals surface area contributed by atoms with Crippen LogP contribution in [-0.2, 0) is 0 Å². The molecule has 1 heteroatoms. The second-order valence-corrected chi connectivity index (χ2v) is 2.80. The van der Waals surface area contributed by atoms with Gasteiger partial charge < -0.3 is 0 Å². The van der Waals surface area contributed by atoms with Crippen molar-refractivity contribution in [1.82, 2.24) is 4.98 Å². The van der Waals surface area contributed by atoms with Gasteiger partial charge in [-0.05, 0) is 36.8 Å². The molecule has 0 unspecified atom stereocenters. The van der Waals surface area contributed by atoms with E-state index in [1.54, 1.807) is 0 Å². The van der Waals surface area contributed by atoms with Crippen molar-refractivity contribution >= 4 is 19.2 Å². The predicted molar refractivity (Wildman–Crippen MR) is 54.0 cm³/mol. The maximum Gasteiger partial charge on any atom is 0.0663 e. The van der Waals surface area contributed by atoms with Crippen LogP contribution in [0.25, 0.3) is 19.2 Å². The molecule has 0 aliphatic carbocycles. The van der Waals surface area contributed by atoms with E-state index in [4.69, 9.17) is 0 Å². The maximum absolute atomic E-state index is 4.30. The van der Waals surface area contributed by atoms with Gasteiger partial charge in [-0.15, -0.1) is 0 Å². The van der Waals surface area contributed by atoms with Gasteiger partial charge in [-0.2, -0.15) is 0 Å². The topological polar surface area (TPSA) is 12.9 Å². The molecular formula is C11H13N. The van der Waals surface area contributed by atoms with Gasteiger partial charge in [0.05, 0.1) is 11.0 Å². The molecule has 0 saturated heterocycles. The van der Waals surface area contributed by atoms with Crippen LogP contribution < -0.4 is 10.6 Å². The molecule has 1 aromatic heterocycles. The van der Waals surface area contributed by atoms with Crippen LogP contribution in [0, 0.1) is 6.92 Å². The number of rotatable bonds is 1. The molecule has 0 saturated carbocycles. The van der Waals surface area contributed by atoms with Crippen LogP contribution in [-0.4, -0.2) is 4.98 Å². The summed E-state index contributed by atoms with van der Waals surface area (Å²) in [6, 6.07) is 2.00. The molecule has 0 aromatic carbocycles. The molecule has 1 rings (SSSR count). The normalized spacial score (nSPS) is 10.8. The number of nitrogens with zero attached hydrogens (tertiary/aromatic N) is 1. The van der Waals surface area contributed by atoms with E-state index in [1.807, 2.05) is 32.1 Å². The molecule has 0 spiro atoms. The van der Waals surface area contributed by atoms with Gasteiger partial charge in [0.1, 0.15) is 0 Å². The molecule has 1 heterocycles. The van der Waals surface area contributed by atoms with E-state index in [1.165, 1.54) is 0 Å². The Balaban J connectivity index is 3.43. The number of hydrogen-bond acceptors (Lipinski definition) is 1. The Labute approximate surface area is 72.8 Å². The fourth-order valence-electron chi connectivity index (χ4n) is 1.05. The highest BCUT2D eigenvalue weighted by molar-refractivity contribution is 5.48. The maximum atomic E-state index is 4.30. The molecule has 0 N–H and O–H groups in total. The third-order valence-corrected chi connectivity index (χ3v) is 1.75. The molecule has 0 radical (unpaired) electrons. The van der Waals surface area contributed by atoms with Gasteiger partial charge in [-0.25, -0.2) is 4.98 Å². The van der Waals surface area contributed by atoms with E-state index in [0.29, 0.717) is 0 Å². The summed E-state index contributed by atoms with van der Waals surface area (Å²) in [6.45, 7) is 11.6. The van der Waals surface area contributed by atoms with Gasteiger partial charge in [-0.3, -0.25) is 0 Å². The Kier molecular flexibility index (Phi) is 2.44. The first-order valence-electron chi connectivity index (χ1n) is 3.93. The molecule has 62 valence electrons. The zero-order valence-electron chi connectivity index (χ0n) is 7.59. The van der Waals surface area contributed by atoms with Crippen LogP contribution in [0.1, 0.15) is 18.2 Å². The highest BCUT2D eigenvalue weighted by Gasteiger charge is 1.93. The van der Waals surface area contributed by atoms with Crippen LogP contribution in [0.3, 0.4) is 0 Å². The molecule has 0 atom stereocenters. The standard InChI is InChI=1S/C11H13N/c1-5-6-11-9(3)7-8(2)10(4)12-11/h5-7H,2,4H2,1,3H3/b6-5-. The lowest BCUT2D eigenvalue weighted by atomic mass is 10.2. The monoisotopic (exact) mass is 159 g/mol. The Morgan fingerprint density at radius 3 is 2.67 bits per heavy atom. The molecule has 0 fully saturated rings. The van der Waals surface area contributed by atoms with E-state index < -0.39 is 0 Å². The highest BCUT2D eigenvalue weighted by atomic mass is 14.7. The Hall–Kier alpha value is -1.37. The molecule has 12 heavy (non-hydrogen) atoms. The summed E-state index contributed by atoms with van der Waals surface area (Å²) >= 11 is 0. The fraction of sp³-hybridized carbons (Fsp3) is 0.182. The first kappa shape index (κ1) is 8.72. The Bertz CT molecular complexity index is 402. The third kappa shape index (κ3) is 1.62. The smallest absolute Gasteiger partial charge is 0.0663 e. The molecular weight excluding hydrogens is 146 g/mol. The average molecular weight is 159 g/mol. The summed E-state index contributed by atoms with van der Waals surface area (Å²) in [4.78, 5) is 4.30. The van der Waals surface area contributed by atoms with Gasteiger partial charge in [0.2, 0.25) is 0 Å². The van der Waals surface area contributed by atoms with Crippen molar-refractivity contribution in [2.45, 2.75) is 13.8 Å². The van der Waals surface area contributed by atoms with Gasteiger partial charge in [0.15, 0.2) is 0 Å². The van der Waals surface area contributed by atoms with Crippen LogP contribution in [0.2, 0.25) is 0 Å². The molecule has 0 bridgehead atoms. The van der Waals surface area contributed by atoms with Gasteiger partial charge in [0.25, 0.3) is 0 Å². The van der Waals surface area contributed by atoms with Crippen molar-refractivity contribution in [2.24, 2.45) is 0 Å². The Morgan fingerprint density at radius 2 is 2.08 bits per heavy atom. The summed E-state index contributed by atoms with van der Waals surface area (Å²) < 4.78 is 0. The summed E-state index contributed by atoms with van der Waals surface area (Å²) in [7, 11) is 0. The van der Waals surface area contributed by atoms with Crippen LogP contribution in [0.4, 0.5) is 0 Å². The molecule has 1 aromatic rings. The van der Waals surface area contributed by atoms with Gasteiger partial charge in [-0.1, -0.05) is 19.2 Å². The lowest BCUT2D eigenvalue weighted by Crippen LogP contribution is -2.26. The quantitative estimate of drug-likeness (QED) is 0.601. The summed E-state index contributed by atoms with van der Waals surface area (Å²) in [5, 5.41) is 1.66. The number of aromatic nitrogens is 1. The number of allylic oxidation sites excluding steroid dienone is 1. The van der Waals surface area contributed by atoms with Crippen LogP contribution >= 0.6 is 0 Å². The zero-order chi connectivity index (χ0) is 9.14. The first-order chi connectivity index (χ1) is 5.65. The molecule has 0 amide bonds. The van der Waals surface area contributed by atoms with E-state index in [0.717, 1.165) is 21.8 Å². The van der Waals surface area contributed by atoms with Gasteiger partial charge in [0, 0.05) is 0 Å². The van der Waals surface area contributed by atoms with Crippen molar-refractivity contribution < 1.29 is 0 Å². The summed E-state index contributed by atoms with van der Waals surface area (Å²) in [6.07, 6.45) is 3.95.